The van der Waals surface area contributed by atoms with Crippen molar-refractivity contribution in [3.05, 3.63) is 47.8 Å². The van der Waals surface area contributed by atoms with Gasteiger partial charge in [-0.1, -0.05) is 6.92 Å². The summed E-state index contributed by atoms with van der Waals surface area (Å²) < 4.78 is 2.12. The molecule has 2 N–H and O–H groups in total. The molecule has 0 bridgehead atoms. The molecule has 0 amide bonds. The highest BCUT2D eigenvalue weighted by Crippen LogP contribution is 2.20. The third-order valence-corrected chi connectivity index (χ3v) is 2.89. The van der Waals surface area contributed by atoms with Crippen LogP contribution < -0.4 is 5.73 Å². The van der Waals surface area contributed by atoms with Crippen LogP contribution >= 0.6 is 0 Å². The maximum absolute atomic E-state index is 6.28. The van der Waals surface area contributed by atoms with Gasteiger partial charge in [0.25, 0.3) is 0 Å². The second-order valence-corrected chi connectivity index (χ2v) is 4.19. The molecule has 90 valence electrons. The molecule has 0 aliphatic rings. The fourth-order valence-corrected chi connectivity index (χ4v) is 2.00. The van der Waals surface area contributed by atoms with E-state index >= 15 is 0 Å². The standard InChI is InChI=1S/C13H18N4/c1-3-7-17-8-6-16-13(17)12(14)11-4-5-15-9-10(11)2/h4-6,8-9,12H,3,7,14H2,1-2H3. The van der Waals surface area contributed by atoms with Crippen molar-refractivity contribution in [1.82, 2.24) is 14.5 Å². The molecule has 0 spiro atoms. The average Bonchev–Trinajstić information content (AvgIpc) is 2.78. The predicted octanol–water partition coefficient (Wildman–Crippen LogP) is 2.04. The molecule has 2 heterocycles. The van der Waals surface area contributed by atoms with Crippen LogP contribution in [0, 0.1) is 6.92 Å². The van der Waals surface area contributed by atoms with E-state index in [1.54, 1.807) is 12.4 Å². The van der Waals surface area contributed by atoms with Crippen molar-refractivity contribution in [1.29, 1.82) is 0 Å². The second-order valence-electron chi connectivity index (χ2n) is 4.19. The number of aromatic nitrogens is 3. The van der Waals surface area contributed by atoms with Crippen molar-refractivity contribution in [2.45, 2.75) is 32.9 Å². The molecule has 4 heteroatoms. The van der Waals surface area contributed by atoms with Crippen molar-refractivity contribution >= 4 is 0 Å². The lowest BCUT2D eigenvalue weighted by molar-refractivity contribution is 0.611. The minimum absolute atomic E-state index is 0.181. The van der Waals surface area contributed by atoms with Gasteiger partial charge in [-0.15, -0.1) is 0 Å². The van der Waals surface area contributed by atoms with Gasteiger partial charge in [0.1, 0.15) is 5.82 Å². The normalized spacial score (nSPS) is 12.6. The zero-order valence-electron chi connectivity index (χ0n) is 10.3. The second kappa shape index (κ2) is 5.10. The first-order valence-electron chi connectivity index (χ1n) is 5.91. The van der Waals surface area contributed by atoms with Gasteiger partial charge in [-0.25, -0.2) is 4.98 Å². The van der Waals surface area contributed by atoms with Crippen LogP contribution in [0.3, 0.4) is 0 Å². The van der Waals surface area contributed by atoms with E-state index in [1.165, 1.54) is 0 Å². The topological polar surface area (TPSA) is 56.7 Å². The molecular formula is C13H18N4. The highest BCUT2D eigenvalue weighted by Gasteiger charge is 2.16. The lowest BCUT2D eigenvalue weighted by Crippen LogP contribution is -2.19. The Kier molecular flexibility index (Phi) is 3.54. The summed E-state index contributed by atoms with van der Waals surface area (Å²) >= 11 is 0. The first-order valence-corrected chi connectivity index (χ1v) is 5.91. The molecule has 1 unspecified atom stereocenters. The number of aryl methyl sites for hydroxylation is 2. The van der Waals surface area contributed by atoms with Crippen molar-refractivity contribution in [3.63, 3.8) is 0 Å². The average molecular weight is 230 g/mol. The Bertz CT molecular complexity index is 490. The molecule has 2 rings (SSSR count). The number of hydrogen-bond donors (Lipinski definition) is 1. The van der Waals surface area contributed by atoms with Crippen LogP contribution in [0.25, 0.3) is 0 Å². The van der Waals surface area contributed by atoms with E-state index in [0.29, 0.717) is 0 Å². The lowest BCUT2D eigenvalue weighted by atomic mass is 10.0. The summed E-state index contributed by atoms with van der Waals surface area (Å²) in [4.78, 5) is 8.45. The first-order chi connectivity index (χ1) is 8.24. The number of rotatable bonds is 4. The number of hydrogen-bond acceptors (Lipinski definition) is 3. The molecule has 4 nitrogen and oxygen atoms in total. The van der Waals surface area contributed by atoms with Crippen molar-refractivity contribution < 1.29 is 0 Å². The summed E-state index contributed by atoms with van der Waals surface area (Å²) in [7, 11) is 0. The van der Waals surface area contributed by atoms with Gasteiger partial charge < -0.3 is 10.3 Å². The minimum Gasteiger partial charge on any atom is -0.333 e. The van der Waals surface area contributed by atoms with Crippen LogP contribution in [0.1, 0.15) is 36.3 Å². The summed E-state index contributed by atoms with van der Waals surface area (Å²) in [6.45, 7) is 5.12. The molecule has 0 aliphatic heterocycles. The van der Waals surface area contributed by atoms with Gasteiger partial charge in [0.15, 0.2) is 0 Å². The molecular weight excluding hydrogens is 212 g/mol. The molecule has 0 aromatic carbocycles. The summed E-state index contributed by atoms with van der Waals surface area (Å²) in [6, 6.07) is 1.78. The molecule has 0 radical (unpaired) electrons. The lowest BCUT2D eigenvalue weighted by Gasteiger charge is -2.15. The Balaban J connectivity index is 2.34. The highest BCUT2D eigenvalue weighted by atomic mass is 15.1. The molecule has 0 aliphatic carbocycles. The maximum Gasteiger partial charge on any atom is 0.130 e. The largest absolute Gasteiger partial charge is 0.333 e. The number of pyridine rings is 1. The fourth-order valence-electron chi connectivity index (χ4n) is 2.00. The third kappa shape index (κ3) is 2.36. The highest BCUT2D eigenvalue weighted by molar-refractivity contribution is 5.29. The third-order valence-electron chi connectivity index (χ3n) is 2.89. The van der Waals surface area contributed by atoms with Gasteiger partial charge in [-0.05, 0) is 30.5 Å². The molecule has 2 aromatic heterocycles. The van der Waals surface area contributed by atoms with E-state index in [4.69, 9.17) is 5.73 Å². The first kappa shape index (κ1) is 11.8. The van der Waals surface area contributed by atoms with Crippen molar-refractivity contribution in [2.24, 2.45) is 5.73 Å². The number of imidazole rings is 1. The molecule has 1 atom stereocenters. The van der Waals surface area contributed by atoms with E-state index in [9.17, 15) is 0 Å². The monoisotopic (exact) mass is 230 g/mol. The van der Waals surface area contributed by atoms with Crippen LogP contribution in [-0.4, -0.2) is 14.5 Å². The maximum atomic E-state index is 6.28. The zero-order chi connectivity index (χ0) is 12.3. The molecule has 2 aromatic rings. The Morgan fingerprint density at radius 3 is 2.94 bits per heavy atom. The van der Waals surface area contributed by atoms with Crippen LogP contribution in [0.5, 0.6) is 0 Å². The Morgan fingerprint density at radius 1 is 1.41 bits per heavy atom. The van der Waals surface area contributed by atoms with Crippen LogP contribution in [0.4, 0.5) is 0 Å². The van der Waals surface area contributed by atoms with E-state index < -0.39 is 0 Å². The van der Waals surface area contributed by atoms with Gasteiger partial charge in [-0.2, -0.15) is 0 Å². The van der Waals surface area contributed by atoms with Gasteiger partial charge in [0, 0.05) is 31.3 Å². The van der Waals surface area contributed by atoms with E-state index in [1.807, 2.05) is 25.4 Å². The zero-order valence-corrected chi connectivity index (χ0v) is 10.3. The summed E-state index contributed by atoms with van der Waals surface area (Å²) in [5.41, 5.74) is 8.47. The van der Waals surface area contributed by atoms with Gasteiger partial charge >= 0.3 is 0 Å². The smallest absolute Gasteiger partial charge is 0.130 e. The molecule has 0 fully saturated rings. The Morgan fingerprint density at radius 2 is 2.24 bits per heavy atom. The predicted molar refractivity (Wildman–Crippen MR) is 67.5 cm³/mol. The van der Waals surface area contributed by atoms with Crippen LogP contribution in [-0.2, 0) is 6.54 Å². The van der Waals surface area contributed by atoms with Crippen molar-refractivity contribution in [3.8, 4) is 0 Å². The summed E-state index contributed by atoms with van der Waals surface area (Å²) in [5, 5.41) is 0. The summed E-state index contributed by atoms with van der Waals surface area (Å²) in [6.07, 6.45) is 8.47. The Hall–Kier alpha value is -1.68. The number of nitrogens with two attached hydrogens (primary N) is 1. The van der Waals surface area contributed by atoms with Gasteiger partial charge in [0.05, 0.1) is 6.04 Å². The van der Waals surface area contributed by atoms with Crippen molar-refractivity contribution in [2.75, 3.05) is 0 Å². The minimum atomic E-state index is -0.181. The van der Waals surface area contributed by atoms with E-state index in [0.717, 1.165) is 29.9 Å². The van der Waals surface area contributed by atoms with E-state index in [-0.39, 0.29) is 6.04 Å². The fraction of sp³-hybridized carbons (Fsp3) is 0.385. The number of nitrogens with zero attached hydrogens (tertiary/aromatic N) is 3. The molecule has 0 saturated heterocycles. The quantitative estimate of drug-likeness (QED) is 0.874. The van der Waals surface area contributed by atoms with Gasteiger partial charge in [0.2, 0.25) is 0 Å². The Labute approximate surface area is 102 Å². The van der Waals surface area contributed by atoms with Crippen LogP contribution in [0.15, 0.2) is 30.9 Å². The SMILES string of the molecule is CCCn1ccnc1C(N)c1ccncc1C. The van der Waals surface area contributed by atoms with Gasteiger partial charge in [-0.3, -0.25) is 4.98 Å². The van der Waals surface area contributed by atoms with E-state index in [2.05, 4.69) is 21.5 Å². The van der Waals surface area contributed by atoms with Crippen LogP contribution in [0.2, 0.25) is 0 Å². The molecule has 0 saturated carbocycles. The molecule has 17 heavy (non-hydrogen) atoms. The summed E-state index contributed by atoms with van der Waals surface area (Å²) in [5.74, 6) is 0.918.